The van der Waals surface area contributed by atoms with Gasteiger partial charge < -0.3 is 10.4 Å². The second-order valence-electron chi connectivity index (χ2n) is 4.52. The van der Waals surface area contributed by atoms with E-state index in [2.05, 4.69) is 5.32 Å². The van der Waals surface area contributed by atoms with E-state index in [0.29, 0.717) is 0 Å². The number of benzene rings is 1. The number of carboxylic acid groups (broad SMARTS) is 1. The Morgan fingerprint density at radius 1 is 1.47 bits per heavy atom. The fourth-order valence-corrected chi connectivity index (χ4v) is 2.26. The molecule has 1 heterocycles. The summed E-state index contributed by atoms with van der Waals surface area (Å²) in [6.45, 7) is 3.92. The van der Waals surface area contributed by atoms with Crippen LogP contribution < -0.4 is 5.32 Å². The van der Waals surface area contributed by atoms with E-state index in [1.54, 1.807) is 0 Å². The topological polar surface area (TPSA) is 66.4 Å². The third-order valence-corrected chi connectivity index (χ3v) is 3.33. The molecule has 0 saturated heterocycles. The number of anilines is 1. The van der Waals surface area contributed by atoms with Gasteiger partial charge in [-0.2, -0.15) is 0 Å². The van der Waals surface area contributed by atoms with Crippen LogP contribution in [0.2, 0.25) is 0 Å². The van der Waals surface area contributed by atoms with Gasteiger partial charge in [-0.1, -0.05) is 12.1 Å². The number of aliphatic carboxylic acids is 1. The fourth-order valence-electron chi connectivity index (χ4n) is 2.26. The molecule has 1 aliphatic heterocycles. The molecule has 90 valence electrons. The van der Waals surface area contributed by atoms with Crippen LogP contribution in [0.15, 0.2) is 12.1 Å². The van der Waals surface area contributed by atoms with E-state index in [0.717, 1.165) is 22.4 Å². The molecule has 17 heavy (non-hydrogen) atoms. The van der Waals surface area contributed by atoms with Crippen molar-refractivity contribution in [2.75, 3.05) is 5.32 Å². The van der Waals surface area contributed by atoms with Crippen LogP contribution >= 0.6 is 0 Å². The summed E-state index contributed by atoms with van der Waals surface area (Å²) < 4.78 is 0. The largest absolute Gasteiger partial charge is 0.481 e. The van der Waals surface area contributed by atoms with Crippen molar-refractivity contribution in [3.63, 3.8) is 0 Å². The average Bonchev–Trinajstić information content (AvgIpc) is 2.23. The Kier molecular flexibility index (Phi) is 2.88. The van der Waals surface area contributed by atoms with E-state index in [4.69, 9.17) is 5.11 Å². The molecule has 0 fully saturated rings. The van der Waals surface area contributed by atoms with Crippen molar-refractivity contribution < 1.29 is 14.7 Å². The Bertz CT molecular complexity index is 494. The fraction of sp³-hybridized carbons (Fsp3) is 0.385. The molecule has 1 aromatic carbocycles. The molecule has 2 rings (SSSR count). The molecule has 0 saturated carbocycles. The van der Waals surface area contributed by atoms with Crippen molar-refractivity contribution in [3.05, 3.63) is 28.8 Å². The van der Waals surface area contributed by atoms with Crippen LogP contribution in [0.25, 0.3) is 0 Å². The first-order chi connectivity index (χ1) is 7.99. The van der Waals surface area contributed by atoms with Gasteiger partial charge in [-0.3, -0.25) is 9.59 Å². The van der Waals surface area contributed by atoms with Crippen molar-refractivity contribution >= 4 is 17.6 Å². The Morgan fingerprint density at radius 3 is 2.82 bits per heavy atom. The van der Waals surface area contributed by atoms with Crippen LogP contribution in [0.3, 0.4) is 0 Å². The number of carbonyl (C=O) groups is 2. The number of aryl methyl sites for hydroxylation is 1. The smallest absolute Gasteiger partial charge is 0.303 e. The van der Waals surface area contributed by atoms with Gasteiger partial charge in [0, 0.05) is 18.0 Å². The molecule has 1 atom stereocenters. The maximum Gasteiger partial charge on any atom is 0.303 e. The molecule has 0 radical (unpaired) electrons. The van der Waals surface area contributed by atoms with Crippen LogP contribution in [0.4, 0.5) is 5.69 Å². The normalized spacial score (nSPS) is 18.5. The summed E-state index contributed by atoms with van der Waals surface area (Å²) in [5, 5.41) is 11.7. The first-order valence-electron chi connectivity index (χ1n) is 5.60. The molecule has 0 aromatic heterocycles. The third kappa shape index (κ3) is 2.16. The number of carboxylic acids is 1. The van der Waals surface area contributed by atoms with Crippen LogP contribution in [0.5, 0.6) is 0 Å². The highest BCUT2D eigenvalue weighted by Gasteiger charge is 2.28. The maximum absolute atomic E-state index is 11.6. The molecule has 0 bridgehead atoms. The number of hydrogen-bond acceptors (Lipinski definition) is 2. The predicted octanol–water partition coefficient (Wildman–Crippen LogP) is 2.20. The van der Waals surface area contributed by atoms with E-state index in [9.17, 15) is 9.59 Å². The lowest BCUT2D eigenvalue weighted by atomic mass is 9.85. The predicted molar refractivity (Wildman–Crippen MR) is 64.2 cm³/mol. The molecule has 4 nitrogen and oxygen atoms in total. The Labute approximate surface area is 99.6 Å². The summed E-state index contributed by atoms with van der Waals surface area (Å²) in [7, 11) is 0. The maximum atomic E-state index is 11.6. The Balaban J connectivity index is 2.47. The van der Waals surface area contributed by atoms with E-state index < -0.39 is 5.97 Å². The van der Waals surface area contributed by atoms with Gasteiger partial charge in [-0.05, 0) is 30.5 Å². The number of fused-ring (bicyclic) bond motifs is 1. The average molecular weight is 233 g/mol. The van der Waals surface area contributed by atoms with E-state index in [-0.39, 0.29) is 24.7 Å². The summed E-state index contributed by atoms with van der Waals surface area (Å²) in [5.41, 5.74) is 3.86. The van der Waals surface area contributed by atoms with Gasteiger partial charge in [0.2, 0.25) is 5.91 Å². The molecule has 1 aromatic rings. The van der Waals surface area contributed by atoms with E-state index in [1.807, 2.05) is 26.0 Å². The van der Waals surface area contributed by atoms with Crippen LogP contribution in [-0.2, 0) is 9.59 Å². The number of hydrogen-bond donors (Lipinski definition) is 2. The number of carbonyl (C=O) groups excluding carboxylic acids is 1. The second-order valence-corrected chi connectivity index (χ2v) is 4.52. The minimum atomic E-state index is -0.867. The van der Waals surface area contributed by atoms with Crippen molar-refractivity contribution in [1.29, 1.82) is 0 Å². The molecule has 0 aliphatic carbocycles. The Hall–Kier alpha value is -1.84. The van der Waals surface area contributed by atoms with Crippen LogP contribution in [0.1, 0.15) is 35.4 Å². The molecule has 1 amide bonds. The SMILES string of the molecule is Cc1ccc2c(c1C)NC(=O)CC2CC(=O)O. The minimum absolute atomic E-state index is 0.00290. The van der Waals surface area contributed by atoms with Crippen molar-refractivity contribution in [2.24, 2.45) is 0 Å². The summed E-state index contributed by atoms with van der Waals surface area (Å²) in [6.07, 6.45) is 0.255. The minimum Gasteiger partial charge on any atom is -0.481 e. The molecular weight excluding hydrogens is 218 g/mol. The van der Waals surface area contributed by atoms with Crippen molar-refractivity contribution in [1.82, 2.24) is 0 Å². The van der Waals surface area contributed by atoms with Gasteiger partial charge in [-0.15, -0.1) is 0 Å². The summed E-state index contributed by atoms with van der Waals surface area (Å²) in [4.78, 5) is 22.4. The number of amides is 1. The van der Waals surface area contributed by atoms with E-state index in [1.165, 1.54) is 0 Å². The van der Waals surface area contributed by atoms with Gasteiger partial charge >= 0.3 is 5.97 Å². The number of rotatable bonds is 2. The lowest BCUT2D eigenvalue weighted by molar-refractivity contribution is -0.137. The summed E-state index contributed by atoms with van der Waals surface area (Å²) in [5.74, 6) is -1.18. The molecule has 0 spiro atoms. The molecule has 4 heteroatoms. The Morgan fingerprint density at radius 2 is 2.18 bits per heavy atom. The number of nitrogens with one attached hydrogen (secondary N) is 1. The summed E-state index contributed by atoms with van der Waals surface area (Å²) >= 11 is 0. The highest BCUT2D eigenvalue weighted by molar-refractivity contribution is 5.96. The lowest BCUT2D eigenvalue weighted by Crippen LogP contribution is -2.25. The first-order valence-corrected chi connectivity index (χ1v) is 5.60. The highest BCUT2D eigenvalue weighted by atomic mass is 16.4. The van der Waals surface area contributed by atoms with Gasteiger partial charge in [0.05, 0.1) is 6.42 Å². The standard InChI is InChI=1S/C13H15NO3/c1-7-3-4-10-9(6-12(16)17)5-11(15)14-13(10)8(7)2/h3-4,9H,5-6H2,1-2H3,(H,14,15)(H,16,17). The zero-order valence-electron chi connectivity index (χ0n) is 9.91. The monoisotopic (exact) mass is 233 g/mol. The molecule has 1 unspecified atom stereocenters. The van der Waals surface area contributed by atoms with Gasteiger partial charge in [0.1, 0.15) is 0 Å². The zero-order chi connectivity index (χ0) is 12.6. The molecular formula is C13H15NO3. The lowest BCUT2D eigenvalue weighted by Gasteiger charge is -2.26. The highest BCUT2D eigenvalue weighted by Crippen LogP contribution is 2.37. The zero-order valence-corrected chi connectivity index (χ0v) is 9.91. The van der Waals surface area contributed by atoms with Crippen LogP contribution in [-0.4, -0.2) is 17.0 Å². The van der Waals surface area contributed by atoms with Crippen molar-refractivity contribution in [3.8, 4) is 0 Å². The third-order valence-electron chi connectivity index (χ3n) is 3.33. The first kappa shape index (κ1) is 11.6. The van der Waals surface area contributed by atoms with Crippen LogP contribution in [0, 0.1) is 13.8 Å². The van der Waals surface area contributed by atoms with Gasteiger partial charge in [-0.25, -0.2) is 0 Å². The quantitative estimate of drug-likeness (QED) is 0.823. The van der Waals surface area contributed by atoms with E-state index >= 15 is 0 Å². The molecule has 1 aliphatic rings. The van der Waals surface area contributed by atoms with Crippen molar-refractivity contribution in [2.45, 2.75) is 32.6 Å². The summed E-state index contributed by atoms with van der Waals surface area (Å²) in [6, 6.07) is 3.89. The molecule has 2 N–H and O–H groups in total. The van der Waals surface area contributed by atoms with Gasteiger partial charge in [0.25, 0.3) is 0 Å². The van der Waals surface area contributed by atoms with Gasteiger partial charge in [0.15, 0.2) is 0 Å². The second kappa shape index (κ2) is 4.20.